The number of imide groups is 1. The Morgan fingerprint density at radius 3 is 2.48 bits per heavy atom. The summed E-state index contributed by atoms with van der Waals surface area (Å²) in [6.45, 7) is 3.72. The Hall–Kier alpha value is -2.86. The molecule has 11 nitrogen and oxygen atoms in total. The Bertz CT molecular complexity index is 1030. The van der Waals surface area contributed by atoms with Gasteiger partial charge < -0.3 is 4.90 Å². The van der Waals surface area contributed by atoms with Gasteiger partial charge in [0.2, 0.25) is 15.9 Å². The summed E-state index contributed by atoms with van der Waals surface area (Å²) in [4.78, 5) is 51.2. The van der Waals surface area contributed by atoms with Gasteiger partial charge in [-0.1, -0.05) is 13.0 Å². The van der Waals surface area contributed by atoms with Crippen molar-refractivity contribution in [3.8, 4) is 0 Å². The highest BCUT2D eigenvalue weighted by molar-refractivity contribution is 7.89. The molecule has 1 fully saturated rings. The lowest BCUT2D eigenvalue weighted by molar-refractivity contribution is -0.385. The van der Waals surface area contributed by atoms with Gasteiger partial charge >= 0.3 is 0 Å². The third kappa shape index (κ3) is 4.44. The number of rotatable bonds is 7. The van der Waals surface area contributed by atoms with E-state index in [9.17, 15) is 32.9 Å². The van der Waals surface area contributed by atoms with Crippen LogP contribution < -0.4 is 4.72 Å². The lowest BCUT2D eigenvalue weighted by Gasteiger charge is -2.35. The second kappa shape index (κ2) is 8.71. The van der Waals surface area contributed by atoms with Gasteiger partial charge in [0.15, 0.2) is 0 Å². The van der Waals surface area contributed by atoms with Crippen molar-refractivity contribution >= 4 is 33.4 Å². The highest BCUT2D eigenvalue weighted by Crippen LogP contribution is 2.32. The standard InChI is InChI=1S/C19H24N4O7S/c1-3-11-31(29,30)20-13-7-9-21(10-8-13)17(24)12(2)22-18(25)14-5-4-6-15(23(27)28)16(14)19(22)26/h4-6,12-13,20H,3,7-11H2,1-2H3. The fraction of sp³-hybridized carbons (Fsp3) is 0.526. The zero-order valence-corrected chi connectivity index (χ0v) is 18.1. The van der Waals surface area contributed by atoms with Crippen molar-refractivity contribution in [2.24, 2.45) is 0 Å². The molecule has 0 spiro atoms. The van der Waals surface area contributed by atoms with E-state index < -0.39 is 44.4 Å². The number of nitro benzene ring substituents is 1. The first-order valence-electron chi connectivity index (χ1n) is 10.0. The minimum absolute atomic E-state index is 0.0368. The molecule has 1 aromatic rings. The first-order chi connectivity index (χ1) is 14.6. The number of hydrogen-bond acceptors (Lipinski definition) is 7. The number of carbonyl (C=O) groups excluding carboxylic acids is 3. The van der Waals surface area contributed by atoms with Crippen LogP contribution in [0.2, 0.25) is 0 Å². The van der Waals surface area contributed by atoms with Crippen LogP contribution in [0.3, 0.4) is 0 Å². The van der Waals surface area contributed by atoms with Gasteiger partial charge in [0.1, 0.15) is 11.6 Å². The van der Waals surface area contributed by atoms with Crippen molar-refractivity contribution in [2.75, 3.05) is 18.8 Å². The molecule has 3 rings (SSSR count). The van der Waals surface area contributed by atoms with E-state index in [0.29, 0.717) is 19.3 Å². The zero-order valence-electron chi connectivity index (χ0n) is 17.2. The molecule has 1 saturated heterocycles. The van der Waals surface area contributed by atoms with Crippen LogP contribution >= 0.6 is 0 Å². The molecule has 0 aromatic heterocycles. The second-order valence-electron chi connectivity index (χ2n) is 7.65. The van der Waals surface area contributed by atoms with Crippen molar-refractivity contribution in [1.29, 1.82) is 0 Å². The van der Waals surface area contributed by atoms with E-state index in [4.69, 9.17) is 0 Å². The van der Waals surface area contributed by atoms with Gasteiger partial charge in [-0.05, 0) is 32.3 Å². The topological polar surface area (TPSA) is 147 Å². The summed E-state index contributed by atoms with van der Waals surface area (Å²) in [6, 6.07) is 2.37. The molecule has 0 saturated carbocycles. The normalized spacial score (nSPS) is 18.3. The maximum Gasteiger partial charge on any atom is 0.282 e. The SMILES string of the molecule is CCCS(=O)(=O)NC1CCN(C(=O)C(C)N2C(=O)c3cccc([N+](=O)[O-])c3C2=O)CC1. The van der Waals surface area contributed by atoms with Crippen molar-refractivity contribution in [3.63, 3.8) is 0 Å². The Kier molecular flexibility index (Phi) is 6.41. The fourth-order valence-electron chi connectivity index (χ4n) is 3.96. The average Bonchev–Trinajstić information content (AvgIpc) is 2.97. The minimum atomic E-state index is -3.36. The predicted molar refractivity (Wildman–Crippen MR) is 110 cm³/mol. The molecule has 12 heteroatoms. The first kappa shape index (κ1) is 22.8. The number of likely N-dealkylation sites (tertiary alicyclic amines) is 1. The second-order valence-corrected chi connectivity index (χ2v) is 9.52. The van der Waals surface area contributed by atoms with E-state index >= 15 is 0 Å². The molecule has 0 radical (unpaired) electrons. The number of amides is 3. The number of piperidine rings is 1. The molecule has 168 valence electrons. The smallest absolute Gasteiger partial charge is 0.282 e. The Morgan fingerprint density at radius 2 is 1.90 bits per heavy atom. The van der Waals surface area contributed by atoms with Gasteiger partial charge in [0.05, 0.1) is 16.2 Å². The maximum absolute atomic E-state index is 12.9. The Labute approximate surface area is 179 Å². The van der Waals surface area contributed by atoms with Crippen molar-refractivity contribution in [2.45, 2.75) is 45.2 Å². The van der Waals surface area contributed by atoms with Crippen LogP contribution in [-0.2, 0) is 14.8 Å². The van der Waals surface area contributed by atoms with Crippen LogP contribution in [-0.4, -0.2) is 71.8 Å². The van der Waals surface area contributed by atoms with Gasteiger partial charge in [0.25, 0.3) is 17.5 Å². The van der Waals surface area contributed by atoms with Crippen LogP contribution in [0.1, 0.15) is 53.8 Å². The maximum atomic E-state index is 12.9. The molecular formula is C19H24N4O7S. The molecule has 2 heterocycles. The molecule has 31 heavy (non-hydrogen) atoms. The molecular weight excluding hydrogens is 428 g/mol. The molecule has 2 aliphatic heterocycles. The number of hydrogen-bond donors (Lipinski definition) is 1. The zero-order chi connectivity index (χ0) is 22.9. The largest absolute Gasteiger partial charge is 0.341 e. The minimum Gasteiger partial charge on any atom is -0.341 e. The monoisotopic (exact) mass is 452 g/mol. The van der Waals surface area contributed by atoms with E-state index in [-0.39, 0.29) is 36.0 Å². The van der Waals surface area contributed by atoms with Crippen LogP contribution in [0.5, 0.6) is 0 Å². The van der Waals surface area contributed by atoms with Gasteiger partial charge in [-0.15, -0.1) is 0 Å². The highest BCUT2D eigenvalue weighted by atomic mass is 32.2. The number of nitrogens with one attached hydrogen (secondary N) is 1. The number of nitrogens with zero attached hydrogens (tertiary/aromatic N) is 3. The van der Waals surface area contributed by atoms with Gasteiger partial charge in [-0.3, -0.25) is 29.4 Å². The highest BCUT2D eigenvalue weighted by Gasteiger charge is 2.45. The molecule has 3 amide bonds. The Balaban J connectivity index is 1.69. The summed E-state index contributed by atoms with van der Waals surface area (Å²) in [6.07, 6.45) is 1.33. The molecule has 1 N–H and O–H groups in total. The van der Waals surface area contributed by atoms with Crippen molar-refractivity contribution in [3.05, 3.63) is 39.4 Å². The summed E-state index contributed by atoms with van der Waals surface area (Å²) >= 11 is 0. The lowest BCUT2D eigenvalue weighted by atomic mass is 10.1. The molecule has 1 unspecified atom stereocenters. The average molecular weight is 452 g/mol. The number of nitro groups is 1. The van der Waals surface area contributed by atoms with E-state index in [1.807, 2.05) is 0 Å². The summed E-state index contributed by atoms with van der Waals surface area (Å²) in [5, 5.41) is 11.2. The van der Waals surface area contributed by atoms with Crippen molar-refractivity contribution in [1.82, 2.24) is 14.5 Å². The van der Waals surface area contributed by atoms with Crippen LogP contribution in [0.4, 0.5) is 5.69 Å². The van der Waals surface area contributed by atoms with Crippen LogP contribution in [0.15, 0.2) is 18.2 Å². The van der Waals surface area contributed by atoms with Gasteiger partial charge in [-0.2, -0.15) is 0 Å². The molecule has 1 aromatic carbocycles. The third-order valence-electron chi connectivity index (χ3n) is 5.49. The van der Waals surface area contributed by atoms with E-state index in [0.717, 1.165) is 11.0 Å². The van der Waals surface area contributed by atoms with E-state index in [1.54, 1.807) is 6.92 Å². The predicted octanol–water partition coefficient (Wildman–Crippen LogP) is 0.900. The summed E-state index contributed by atoms with van der Waals surface area (Å²) < 4.78 is 26.5. The number of sulfonamides is 1. The van der Waals surface area contributed by atoms with Crippen molar-refractivity contribution < 1.29 is 27.7 Å². The molecule has 2 aliphatic rings. The first-order valence-corrected chi connectivity index (χ1v) is 11.7. The van der Waals surface area contributed by atoms with Gasteiger partial charge in [0, 0.05) is 25.2 Å². The molecule has 0 bridgehead atoms. The van der Waals surface area contributed by atoms with E-state index in [2.05, 4.69) is 4.72 Å². The van der Waals surface area contributed by atoms with E-state index in [1.165, 1.54) is 24.0 Å². The quantitative estimate of drug-likeness (QED) is 0.367. The summed E-state index contributed by atoms with van der Waals surface area (Å²) in [5.41, 5.74) is -0.873. The van der Waals surface area contributed by atoms with Gasteiger partial charge in [-0.25, -0.2) is 13.1 Å². The van der Waals surface area contributed by atoms with Crippen LogP contribution in [0.25, 0.3) is 0 Å². The molecule has 1 atom stereocenters. The third-order valence-corrected chi connectivity index (χ3v) is 7.13. The lowest BCUT2D eigenvalue weighted by Crippen LogP contribution is -2.53. The van der Waals surface area contributed by atoms with Crippen LogP contribution in [0, 0.1) is 10.1 Å². The fourth-order valence-corrected chi connectivity index (χ4v) is 5.36. The molecule has 0 aliphatic carbocycles. The Morgan fingerprint density at radius 1 is 1.26 bits per heavy atom. The number of carbonyl (C=O) groups is 3. The summed E-state index contributed by atoms with van der Waals surface area (Å²) in [5.74, 6) is -2.04. The number of fused-ring (bicyclic) bond motifs is 1. The number of benzene rings is 1. The summed E-state index contributed by atoms with van der Waals surface area (Å²) in [7, 11) is -3.36.